The van der Waals surface area contributed by atoms with Crippen molar-refractivity contribution in [3.05, 3.63) is 65.0 Å². The van der Waals surface area contributed by atoms with Crippen LogP contribution in [0.4, 0.5) is 17.6 Å². The number of nitrogens with one attached hydrogen (secondary N) is 2. The van der Waals surface area contributed by atoms with E-state index < -0.39 is 24.3 Å². The SMILES string of the molecule is CN=C(NCc1ccc(COCC(F)(F)F)cc1)NCc1ccc(O)c(F)c1.I. The molecule has 0 fully saturated rings. The zero-order valence-corrected chi connectivity index (χ0v) is 17.9. The Morgan fingerprint density at radius 1 is 1.00 bits per heavy atom. The van der Waals surface area contributed by atoms with Crippen molar-refractivity contribution in [3.8, 4) is 5.75 Å². The average molecular weight is 527 g/mol. The van der Waals surface area contributed by atoms with Crippen LogP contribution in [-0.2, 0) is 24.4 Å². The molecule has 2 aromatic carbocycles. The molecule has 0 heterocycles. The Morgan fingerprint density at radius 3 is 2.10 bits per heavy atom. The molecule has 0 spiro atoms. The summed E-state index contributed by atoms with van der Waals surface area (Å²) in [5.74, 6) is -0.605. The van der Waals surface area contributed by atoms with Gasteiger partial charge in [-0.1, -0.05) is 30.3 Å². The lowest BCUT2D eigenvalue weighted by atomic mass is 10.1. The van der Waals surface area contributed by atoms with E-state index in [1.807, 2.05) is 0 Å². The first-order valence-corrected chi connectivity index (χ1v) is 8.41. The molecule has 0 aliphatic carbocycles. The Balaban J connectivity index is 0.00000420. The summed E-state index contributed by atoms with van der Waals surface area (Å²) in [6, 6.07) is 11.1. The molecule has 0 atom stereocenters. The highest BCUT2D eigenvalue weighted by Gasteiger charge is 2.27. The number of ether oxygens (including phenoxy) is 1. The van der Waals surface area contributed by atoms with Gasteiger partial charge in [0.2, 0.25) is 0 Å². The minimum absolute atomic E-state index is 0. The number of rotatable bonds is 7. The summed E-state index contributed by atoms with van der Waals surface area (Å²) in [5, 5.41) is 15.3. The summed E-state index contributed by atoms with van der Waals surface area (Å²) >= 11 is 0. The highest BCUT2D eigenvalue weighted by molar-refractivity contribution is 14.0. The molecular weight excluding hydrogens is 505 g/mol. The Bertz CT molecular complexity index is 799. The predicted molar refractivity (Wildman–Crippen MR) is 113 cm³/mol. The lowest BCUT2D eigenvalue weighted by Crippen LogP contribution is -2.36. The van der Waals surface area contributed by atoms with E-state index in [2.05, 4.69) is 20.4 Å². The number of hydrogen-bond donors (Lipinski definition) is 3. The molecule has 0 aliphatic heterocycles. The van der Waals surface area contributed by atoms with Crippen molar-refractivity contribution in [3.63, 3.8) is 0 Å². The monoisotopic (exact) mass is 527 g/mol. The van der Waals surface area contributed by atoms with Gasteiger partial charge in [-0.25, -0.2) is 4.39 Å². The van der Waals surface area contributed by atoms with Crippen LogP contribution in [-0.4, -0.2) is 30.9 Å². The average Bonchev–Trinajstić information content (AvgIpc) is 2.65. The molecule has 0 aliphatic rings. The molecule has 0 saturated carbocycles. The van der Waals surface area contributed by atoms with Crippen LogP contribution in [0.1, 0.15) is 16.7 Å². The van der Waals surface area contributed by atoms with E-state index in [1.54, 1.807) is 37.4 Å². The van der Waals surface area contributed by atoms with Crippen molar-refractivity contribution in [2.75, 3.05) is 13.7 Å². The number of aromatic hydroxyl groups is 1. The molecule has 10 heteroatoms. The van der Waals surface area contributed by atoms with E-state index in [1.165, 1.54) is 12.1 Å². The maximum atomic E-state index is 13.3. The lowest BCUT2D eigenvalue weighted by Gasteiger charge is -2.13. The van der Waals surface area contributed by atoms with E-state index in [4.69, 9.17) is 0 Å². The van der Waals surface area contributed by atoms with E-state index in [-0.39, 0.29) is 30.6 Å². The summed E-state index contributed by atoms with van der Waals surface area (Å²) in [4.78, 5) is 4.06. The summed E-state index contributed by atoms with van der Waals surface area (Å²) in [6.45, 7) is -0.636. The van der Waals surface area contributed by atoms with Crippen molar-refractivity contribution in [2.24, 2.45) is 4.99 Å². The van der Waals surface area contributed by atoms with Crippen LogP contribution in [0, 0.1) is 5.82 Å². The van der Waals surface area contributed by atoms with Crippen molar-refractivity contribution in [2.45, 2.75) is 25.9 Å². The number of benzene rings is 2. The Labute approximate surface area is 183 Å². The third-order valence-corrected chi connectivity index (χ3v) is 3.71. The van der Waals surface area contributed by atoms with Crippen molar-refractivity contribution in [1.29, 1.82) is 0 Å². The number of aliphatic imine (C=N–C) groups is 1. The standard InChI is InChI=1S/C19H21F4N3O2.HI/c1-24-18(26-10-15-6-7-17(27)16(20)8-15)25-9-13-2-4-14(5-3-13)11-28-12-19(21,22)23;/h2-8,27H,9-12H2,1H3,(H2,24,25,26);1H. The van der Waals surface area contributed by atoms with Crippen LogP contribution in [0.3, 0.4) is 0 Å². The number of phenols is 1. The van der Waals surface area contributed by atoms with Crippen LogP contribution in [0.15, 0.2) is 47.5 Å². The van der Waals surface area contributed by atoms with Crippen molar-refractivity contribution in [1.82, 2.24) is 10.6 Å². The van der Waals surface area contributed by atoms with Gasteiger partial charge < -0.3 is 20.5 Å². The molecule has 29 heavy (non-hydrogen) atoms. The minimum atomic E-state index is -4.33. The molecule has 0 radical (unpaired) electrons. The van der Waals surface area contributed by atoms with E-state index in [0.29, 0.717) is 30.2 Å². The molecule has 5 nitrogen and oxygen atoms in total. The van der Waals surface area contributed by atoms with Gasteiger partial charge in [0.25, 0.3) is 0 Å². The fraction of sp³-hybridized carbons (Fsp3) is 0.316. The molecule has 2 aromatic rings. The molecule has 0 saturated heterocycles. The smallest absolute Gasteiger partial charge is 0.411 e. The molecule has 0 bridgehead atoms. The van der Waals surface area contributed by atoms with Gasteiger partial charge in [-0.15, -0.1) is 24.0 Å². The molecule has 3 N–H and O–H groups in total. The molecule has 0 unspecified atom stereocenters. The van der Waals surface area contributed by atoms with Gasteiger partial charge in [-0.2, -0.15) is 13.2 Å². The predicted octanol–water partition coefficient (Wildman–Crippen LogP) is 4.09. The highest BCUT2D eigenvalue weighted by atomic mass is 127. The van der Waals surface area contributed by atoms with E-state index >= 15 is 0 Å². The largest absolute Gasteiger partial charge is 0.505 e. The molecule has 0 aromatic heterocycles. The molecule has 0 amide bonds. The second kappa shape index (κ2) is 11.8. The first-order chi connectivity index (χ1) is 13.3. The molecule has 2 rings (SSSR count). The van der Waals surface area contributed by atoms with Crippen LogP contribution in [0.2, 0.25) is 0 Å². The van der Waals surface area contributed by atoms with Gasteiger partial charge in [0, 0.05) is 20.1 Å². The number of halogens is 5. The lowest BCUT2D eigenvalue weighted by molar-refractivity contribution is -0.176. The molecular formula is C19H22F4IN3O2. The molecule has 160 valence electrons. The first kappa shape index (κ1) is 25.0. The van der Waals surface area contributed by atoms with E-state index in [0.717, 1.165) is 5.56 Å². The number of phenolic OH excluding ortho intramolecular Hbond substituents is 1. The van der Waals surface area contributed by atoms with Gasteiger partial charge >= 0.3 is 6.18 Å². The summed E-state index contributed by atoms with van der Waals surface area (Å²) < 4.78 is 54.1. The summed E-state index contributed by atoms with van der Waals surface area (Å²) in [6.07, 6.45) is -4.33. The third kappa shape index (κ3) is 9.31. The maximum absolute atomic E-state index is 13.3. The van der Waals surface area contributed by atoms with Crippen molar-refractivity contribution < 1.29 is 27.4 Å². The summed E-state index contributed by atoms with van der Waals surface area (Å²) in [5.41, 5.74) is 2.18. The number of guanidine groups is 1. The first-order valence-electron chi connectivity index (χ1n) is 8.41. The fourth-order valence-electron chi connectivity index (χ4n) is 2.29. The Hall–Kier alpha value is -2.08. The number of hydrogen-bond acceptors (Lipinski definition) is 3. The minimum Gasteiger partial charge on any atom is -0.505 e. The zero-order valence-electron chi connectivity index (χ0n) is 15.6. The van der Waals surface area contributed by atoms with Crippen LogP contribution >= 0.6 is 24.0 Å². The van der Waals surface area contributed by atoms with Crippen molar-refractivity contribution >= 4 is 29.9 Å². The fourth-order valence-corrected chi connectivity index (χ4v) is 2.29. The van der Waals surface area contributed by atoms with Gasteiger partial charge in [-0.05, 0) is 28.8 Å². The maximum Gasteiger partial charge on any atom is 0.411 e. The second-order valence-corrected chi connectivity index (χ2v) is 5.99. The van der Waals surface area contributed by atoms with Gasteiger partial charge in [0.05, 0.1) is 6.61 Å². The van der Waals surface area contributed by atoms with Crippen LogP contribution in [0.5, 0.6) is 5.75 Å². The second-order valence-electron chi connectivity index (χ2n) is 5.99. The van der Waals surface area contributed by atoms with E-state index in [9.17, 15) is 22.7 Å². The third-order valence-electron chi connectivity index (χ3n) is 3.71. The van der Waals surface area contributed by atoms with Gasteiger partial charge in [0.1, 0.15) is 6.61 Å². The zero-order chi connectivity index (χ0) is 20.6. The van der Waals surface area contributed by atoms with Crippen LogP contribution in [0.25, 0.3) is 0 Å². The number of alkyl halides is 3. The Morgan fingerprint density at radius 2 is 1.55 bits per heavy atom. The quantitative estimate of drug-likeness (QED) is 0.220. The van der Waals surface area contributed by atoms with Crippen LogP contribution < -0.4 is 10.6 Å². The van der Waals surface area contributed by atoms with Gasteiger partial charge in [-0.3, -0.25) is 4.99 Å². The normalized spacial score (nSPS) is 11.7. The topological polar surface area (TPSA) is 65.9 Å². The summed E-state index contributed by atoms with van der Waals surface area (Å²) in [7, 11) is 1.59. The van der Waals surface area contributed by atoms with Gasteiger partial charge in [0.15, 0.2) is 17.5 Å². The Kier molecular flexibility index (Phi) is 10.2. The highest BCUT2D eigenvalue weighted by Crippen LogP contribution is 2.16. The number of nitrogens with zero attached hydrogens (tertiary/aromatic N) is 1.